The monoisotopic (exact) mass is 225 g/mol. The Morgan fingerprint density at radius 3 is 2.38 bits per heavy atom. The molecule has 16 heavy (non-hydrogen) atoms. The lowest BCUT2D eigenvalue weighted by Crippen LogP contribution is -2.22. The lowest BCUT2D eigenvalue weighted by Gasteiger charge is -2.24. The third-order valence-corrected chi connectivity index (χ3v) is 2.73. The second kappa shape index (κ2) is 6.51. The van der Waals surface area contributed by atoms with Gasteiger partial charge >= 0.3 is 0 Å². The Hall–Kier alpha value is -1.05. The van der Waals surface area contributed by atoms with Crippen LogP contribution in [0.25, 0.3) is 0 Å². The van der Waals surface area contributed by atoms with E-state index in [9.17, 15) is 4.39 Å². The molecular weight excluding hydrogens is 201 g/mol. The van der Waals surface area contributed by atoms with Gasteiger partial charge in [-0.25, -0.2) is 4.39 Å². The number of nitrogens with one attached hydrogen (secondary N) is 1. The zero-order valence-corrected chi connectivity index (χ0v) is 11.1. The fourth-order valence-electron chi connectivity index (χ4n) is 1.62. The van der Waals surface area contributed by atoms with Gasteiger partial charge < -0.3 is 5.32 Å². The first kappa shape index (κ1) is 14.9. The molecule has 0 aliphatic heterocycles. The predicted molar refractivity (Wildman–Crippen MR) is 70.1 cm³/mol. The van der Waals surface area contributed by atoms with Crippen molar-refractivity contribution in [3.05, 3.63) is 36.1 Å². The zero-order valence-electron chi connectivity index (χ0n) is 11.1. The van der Waals surface area contributed by atoms with Crippen molar-refractivity contribution in [1.82, 2.24) is 5.32 Å². The van der Waals surface area contributed by atoms with Gasteiger partial charge in [-0.1, -0.05) is 26.5 Å². The van der Waals surface area contributed by atoms with E-state index >= 15 is 0 Å². The third-order valence-electron chi connectivity index (χ3n) is 2.73. The van der Waals surface area contributed by atoms with E-state index in [1.165, 1.54) is 0 Å². The van der Waals surface area contributed by atoms with Crippen molar-refractivity contribution in [2.75, 3.05) is 7.05 Å². The average Bonchev–Trinajstić information content (AvgIpc) is 2.21. The standard InChI is InChI=1S/C14H24FN/c1-7-9-12(16-6)10-13(11(3)8-2)14(4,5)15/h7,9-11,16H,1,8H2,2-6H3/b12-9+,13-10+. The summed E-state index contributed by atoms with van der Waals surface area (Å²) in [5.41, 5.74) is 0.417. The Balaban J connectivity index is 5.25. The van der Waals surface area contributed by atoms with E-state index in [2.05, 4.69) is 18.8 Å². The van der Waals surface area contributed by atoms with E-state index in [0.717, 1.165) is 17.7 Å². The highest BCUT2D eigenvalue weighted by Crippen LogP contribution is 2.30. The number of rotatable bonds is 6. The maximum absolute atomic E-state index is 14.1. The summed E-state index contributed by atoms with van der Waals surface area (Å²) in [6.07, 6.45) is 6.36. The molecule has 0 aromatic rings. The molecule has 0 spiro atoms. The van der Waals surface area contributed by atoms with Crippen LogP contribution in [0.5, 0.6) is 0 Å². The summed E-state index contributed by atoms with van der Waals surface area (Å²) in [7, 11) is 1.82. The van der Waals surface area contributed by atoms with Gasteiger partial charge in [0.15, 0.2) is 0 Å². The minimum absolute atomic E-state index is 0.238. The van der Waals surface area contributed by atoms with Crippen molar-refractivity contribution < 1.29 is 4.39 Å². The van der Waals surface area contributed by atoms with Crippen molar-refractivity contribution in [3.63, 3.8) is 0 Å². The van der Waals surface area contributed by atoms with Gasteiger partial charge in [-0.2, -0.15) is 0 Å². The molecule has 0 aromatic carbocycles. The summed E-state index contributed by atoms with van der Waals surface area (Å²) in [5.74, 6) is 0.238. The van der Waals surface area contributed by atoms with Crippen LogP contribution in [0.1, 0.15) is 34.1 Å². The Bertz CT molecular complexity index is 282. The second-order valence-corrected chi connectivity index (χ2v) is 4.49. The van der Waals surface area contributed by atoms with Crippen LogP contribution in [-0.2, 0) is 0 Å². The number of likely N-dealkylation sites (N-methyl/N-ethyl adjacent to an activating group) is 1. The van der Waals surface area contributed by atoms with Gasteiger partial charge in [-0.3, -0.25) is 0 Å². The molecule has 1 unspecified atom stereocenters. The summed E-state index contributed by atoms with van der Waals surface area (Å²) < 4.78 is 14.1. The molecule has 0 heterocycles. The molecule has 0 saturated heterocycles. The Morgan fingerprint density at radius 1 is 1.50 bits per heavy atom. The minimum Gasteiger partial charge on any atom is -0.388 e. The van der Waals surface area contributed by atoms with Gasteiger partial charge in [-0.15, -0.1) is 0 Å². The predicted octanol–water partition coefficient (Wildman–Crippen LogP) is 4.00. The largest absolute Gasteiger partial charge is 0.388 e. The van der Waals surface area contributed by atoms with E-state index < -0.39 is 5.67 Å². The number of hydrogen-bond acceptors (Lipinski definition) is 1. The molecule has 0 aliphatic carbocycles. The summed E-state index contributed by atoms with van der Waals surface area (Å²) in [6, 6.07) is 0. The highest BCUT2D eigenvalue weighted by molar-refractivity contribution is 5.30. The van der Waals surface area contributed by atoms with Gasteiger partial charge in [0.2, 0.25) is 0 Å². The molecule has 0 rings (SSSR count). The molecule has 1 N–H and O–H groups in total. The first-order valence-electron chi connectivity index (χ1n) is 5.78. The van der Waals surface area contributed by atoms with E-state index in [-0.39, 0.29) is 5.92 Å². The molecule has 0 radical (unpaired) electrons. The van der Waals surface area contributed by atoms with Gasteiger partial charge in [0.25, 0.3) is 0 Å². The normalized spacial score (nSPS) is 15.9. The van der Waals surface area contributed by atoms with Gasteiger partial charge in [-0.05, 0) is 43.9 Å². The molecule has 2 heteroatoms. The topological polar surface area (TPSA) is 12.0 Å². The molecule has 0 fully saturated rings. The first-order chi connectivity index (χ1) is 7.36. The molecule has 1 nitrogen and oxygen atoms in total. The Kier molecular flexibility index (Phi) is 6.09. The van der Waals surface area contributed by atoms with E-state index in [1.807, 2.05) is 26.1 Å². The van der Waals surface area contributed by atoms with Crippen molar-refractivity contribution in [2.24, 2.45) is 5.92 Å². The van der Waals surface area contributed by atoms with Crippen LogP contribution in [-0.4, -0.2) is 12.7 Å². The van der Waals surface area contributed by atoms with Gasteiger partial charge in [0.1, 0.15) is 5.67 Å². The molecule has 0 saturated carbocycles. The lowest BCUT2D eigenvalue weighted by atomic mass is 9.86. The first-order valence-corrected chi connectivity index (χ1v) is 5.78. The molecule has 0 aromatic heterocycles. The third kappa shape index (κ3) is 4.65. The molecule has 1 atom stereocenters. The highest BCUT2D eigenvalue weighted by Gasteiger charge is 2.25. The van der Waals surface area contributed by atoms with Crippen molar-refractivity contribution in [3.8, 4) is 0 Å². The number of alkyl halides is 1. The fraction of sp³-hybridized carbons (Fsp3) is 0.571. The zero-order chi connectivity index (χ0) is 12.8. The number of allylic oxidation sites excluding steroid dienone is 4. The van der Waals surface area contributed by atoms with Crippen molar-refractivity contribution >= 4 is 0 Å². The smallest absolute Gasteiger partial charge is 0.127 e. The average molecular weight is 225 g/mol. The Morgan fingerprint density at radius 2 is 2.06 bits per heavy atom. The summed E-state index contributed by atoms with van der Waals surface area (Å²) >= 11 is 0. The molecule has 0 amide bonds. The van der Waals surface area contributed by atoms with Crippen molar-refractivity contribution in [1.29, 1.82) is 0 Å². The van der Waals surface area contributed by atoms with Gasteiger partial charge in [0.05, 0.1) is 0 Å². The lowest BCUT2D eigenvalue weighted by molar-refractivity contribution is 0.246. The number of halogens is 1. The highest BCUT2D eigenvalue weighted by atomic mass is 19.1. The van der Waals surface area contributed by atoms with E-state index in [4.69, 9.17) is 0 Å². The molecular formula is C14H24FN. The van der Waals surface area contributed by atoms with Crippen LogP contribution in [0, 0.1) is 5.92 Å². The van der Waals surface area contributed by atoms with E-state index in [0.29, 0.717) is 0 Å². The summed E-state index contributed by atoms with van der Waals surface area (Å²) in [6.45, 7) is 11.0. The Labute approximate surface area is 99.1 Å². The van der Waals surface area contributed by atoms with E-state index in [1.54, 1.807) is 19.9 Å². The number of hydrogen-bond donors (Lipinski definition) is 1. The summed E-state index contributed by atoms with van der Waals surface area (Å²) in [4.78, 5) is 0. The second-order valence-electron chi connectivity index (χ2n) is 4.49. The molecule has 92 valence electrons. The van der Waals surface area contributed by atoms with Crippen LogP contribution in [0.4, 0.5) is 4.39 Å². The van der Waals surface area contributed by atoms with Crippen LogP contribution < -0.4 is 5.32 Å². The van der Waals surface area contributed by atoms with Crippen molar-refractivity contribution in [2.45, 2.75) is 39.8 Å². The quantitative estimate of drug-likeness (QED) is 0.674. The summed E-state index contributed by atoms with van der Waals surface area (Å²) in [5, 5.41) is 3.03. The van der Waals surface area contributed by atoms with Crippen LogP contribution in [0.2, 0.25) is 0 Å². The SMILES string of the molecule is C=C/C=C(\C=C(/C(C)CC)C(C)(C)F)NC. The van der Waals surface area contributed by atoms with Crippen LogP contribution in [0.3, 0.4) is 0 Å². The molecule has 0 aliphatic rings. The maximum atomic E-state index is 14.1. The van der Waals surface area contributed by atoms with Gasteiger partial charge in [0, 0.05) is 12.7 Å². The fourth-order valence-corrected chi connectivity index (χ4v) is 1.62. The van der Waals surface area contributed by atoms with Crippen LogP contribution in [0.15, 0.2) is 36.1 Å². The minimum atomic E-state index is -1.29. The van der Waals surface area contributed by atoms with Crippen LogP contribution >= 0.6 is 0 Å². The molecule has 0 bridgehead atoms. The maximum Gasteiger partial charge on any atom is 0.127 e.